The van der Waals surface area contributed by atoms with Gasteiger partial charge in [0.05, 0.1) is 22.1 Å². The highest BCUT2D eigenvalue weighted by molar-refractivity contribution is 6.15. The first-order valence-corrected chi connectivity index (χ1v) is 25.1. The van der Waals surface area contributed by atoms with Gasteiger partial charge in [0.25, 0.3) is 0 Å². The van der Waals surface area contributed by atoms with E-state index in [2.05, 4.69) is 246 Å². The lowest BCUT2D eigenvalue weighted by molar-refractivity contribution is 1.07. The number of rotatable bonds is 9. The molecule has 3 aromatic heterocycles. The second-order valence-corrected chi connectivity index (χ2v) is 18.8. The van der Waals surface area contributed by atoms with Crippen LogP contribution in [0.5, 0.6) is 0 Å². The van der Waals surface area contributed by atoms with Crippen molar-refractivity contribution in [3.05, 3.63) is 273 Å². The highest BCUT2D eigenvalue weighted by atomic mass is 15.0. The molecule has 0 bridgehead atoms. The summed E-state index contributed by atoms with van der Waals surface area (Å²) in [6, 6.07) is 97.4. The van der Waals surface area contributed by atoms with Gasteiger partial charge in [0.2, 0.25) is 0 Å². The average Bonchev–Trinajstić information content (AvgIpc) is 4.02. The molecule has 346 valence electrons. The molecule has 0 aliphatic heterocycles. The van der Waals surface area contributed by atoms with Crippen LogP contribution in [0, 0.1) is 0 Å². The first-order chi connectivity index (χ1) is 36.7. The van der Waals surface area contributed by atoms with Crippen molar-refractivity contribution in [2.24, 2.45) is 0 Å². The molecule has 0 amide bonds. The normalized spacial score (nSPS) is 11.5. The van der Waals surface area contributed by atoms with Crippen molar-refractivity contribution in [2.45, 2.75) is 0 Å². The largest absolute Gasteiger partial charge is 0.309 e. The molecule has 0 saturated heterocycles. The van der Waals surface area contributed by atoms with Crippen LogP contribution in [0.2, 0.25) is 0 Å². The molecule has 5 nitrogen and oxygen atoms in total. The number of hydrogen-bond donors (Lipinski definition) is 0. The Labute approximate surface area is 428 Å². The van der Waals surface area contributed by atoms with Gasteiger partial charge >= 0.3 is 0 Å². The van der Waals surface area contributed by atoms with Gasteiger partial charge < -0.3 is 9.13 Å². The fraction of sp³-hybridized carbons (Fsp3) is 0. The predicted octanol–water partition coefficient (Wildman–Crippen LogP) is 17.7. The second-order valence-electron chi connectivity index (χ2n) is 18.8. The summed E-state index contributed by atoms with van der Waals surface area (Å²) in [5, 5.41) is 4.70. The minimum atomic E-state index is 0.579. The van der Waals surface area contributed by atoms with Crippen LogP contribution in [0.3, 0.4) is 0 Å². The molecule has 0 N–H and O–H groups in total. The zero-order valence-electron chi connectivity index (χ0n) is 40.2. The Hall–Kier alpha value is -9.97. The van der Waals surface area contributed by atoms with E-state index < -0.39 is 0 Å². The van der Waals surface area contributed by atoms with E-state index in [1.807, 2.05) is 36.4 Å². The van der Waals surface area contributed by atoms with Crippen molar-refractivity contribution in [1.29, 1.82) is 0 Å². The Bertz CT molecular complexity index is 4090. The summed E-state index contributed by atoms with van der Waals surface area (Å²) >= 11 is 0. The predicted molar refractivity (Wildman–Crippen MR) is 307 cm³/mol. The minimum Gasteiger partial charge on any atom is -0.309 e. The van der Waals surface area contributed by atoms with Crippen LogP contribution in [0.4, 0.5) is 0 Å². The van der Waals surface area contributed by atoms with Gasteiger partial charge in [-0.3, -0.25) is 0 Å². The first kappa shape index (κ1) is 42.9. The lowest BCUT2D eigenvalue weighted by atomic mass is 9.98. The van der Waals surface area contributed by atoms with Crippen molar-refractivity contribution < 1.29 is 0 Å². The lowest BCUT2D eigenvalue weighted by Crippen LogP contribution is -2.04. The van der Waals surface area contributed by atoms with Gasteiger partial charge in [-0.1, -0.05) is 243 Å². The smallest absolute Gasteiger partial charge is 0.164 e. The molecule has 14 aromatic rings. The van der Waals surface area contributed by atoms with E-state index in [0.717, 1.165) is 72.4 Å². The molecule has 0 aliphatic carbocycles. The molecular formula is C69H45N5. The Kier molecular flexibility index (Phi) is 10.4. The van der Waals surface area contributed by atoms with E-state index in [1.54, 1.807) is 0 Å². The Balaban J connectivity index is 1.06. The van der Waals surface area contributed by atoms with Crippen molar-refractivity contribution in [3.8, 4) is 90.0 Å². The topological polar surface area (TPSA) is 48.5 Å². The number of benzene rings is 11. The maximum atomic E-state index is 5.35. The number of para-hydroxylation sites is 4. The van der Waals surface area contributed by atoms with E-state index in [1.165, 1.54) is 43.8 Å². The van der Waals surface area contributed by atoms with Crippen molar-refractivity contribution in [2.75, 3.05) is 0 Å². The number of fused-ring (bicyclic) bond motifs is 6. The zero-order chi connectivity index (χ0) is 49.0. The van der Waals surface area contributed by atoms with Gasteiger partial charge in [0.15, 0.2) is 17.5 Å². The summed E-state index contributed by atoms with van der Waals surface area (Å²) < 4.78 is 4.90. The van der Waals surface area contributed by atoms with Crippen LogP contribution in [0.25, 0.3) is 134 Å². The molecule has 14 rings (SSSR count). The standard InChI is InChI=1S/C69H45N5/c1-5-19-46(20-6-1)48-35-39-50(40-36-48)57-29-17-31-61-59-27-13-15-33-63(59)73(65(57)61)55-43-54(69-71-67(52-23-9-3-10-24-52)70-68(72-69)53-25-11-4-12-26-53)44-56(45-55)74-64-34-16-14-28-60(64)62-32-18-30-58(66(62)74)51-41-37-49(38-42-51)47-21-7-2-8-22-47/h1-45H. The highest BCUT2D eigenvalue weighted by Crippen LogP contribution is 2.43. The number of nitrogens with zero attached hydrogens (tertiary/aromatic N) is 5. The summed E-state index contributed by atoms with van der Waals surface area (Å²) in [5.41, 5.74) is 18.4. The number of hydrogen-bond acceptors (Lipinski definition) is 3. The third-order valence-electron chi connectivity index (χ3n) is 14.4. The fourth-order valence-corrected chi connectivity index (χ4v) is 10.9. The summed E-state index contributed by atoms with van der Waals surface area (Å²) in [4.78, 5) is 15.8. The van der Waals surface area contributed by atoms with Crippen molar-refractivity contribution in [3.63, 3.8) is 0 Å². The van der Waals surface area contributed by atoms with Crippen LogP contribution in [-0.4, -0.2) is 24.1 Å². The Morgan fingerprint density at radius 2 is 0.527 bits per heavy atom. The van der Waals surface area contributed by atoms with Crippen LogP contribution < -0.4 is 0 Å². The third-order valence-corrected chi connectivity index (χ3v) is 14.4. The molecule has 5 heteroatoms. The molecule has 11 aromatic carbocycles. The van der Waals surface area contributed by atoms with E-state index in [0.29, 0.717) is 17.5 Å². The first-order valence-electron chi connectivity index (χ1n) is 25.1. The summed E-state index contributed by atoms with van der Waals surface area (Å²) in [6.45, 7) is 0. The average molecular weight is 944 g/mol. The fourth-order valence-electron chi connectivity index (χ4n) is 10.9. The molecular weight excluding hydrogens is 899 g/mol. The zero-order valence-corrected chi connectivity index (χ0v) is 40.2. The van der Waals surface area contributed by atoms with Gasteiger partial charge in [-0.25, -0.2) is 15.0 Å². The van der Waals surface area contributed by atoms with Gasteiger partial charge in [-0.05, 0) is 63.7 Å². The maximum Gasteiger partial charge on any atom is 0.164 e. The van der Waals surface area contributed by atoms with Crippen LogP contribution in [-0.2, 0) is 0 Å². The third kappa shape index (κ3) is 7.46. The van der Waals surface area contributed by atoms with Gasteiger partial charge in [0.1, 0.15) is 0 Å². The molecule has 0 atom stereocenters. The molecule has 3 heterocycles. The van der Waals surface area contributed by atoms with Crippen molar-refractivity contribution >= 4 is 43.6 Å². The summed E-state index contributed by atoms with van der Waals surface area (Å²) in [5.74, 6) is 1.80. The van der Waals surface area contributed by atoms with E-state index in [-0.39, 0.29) is 0 Å². The lowest BCUT2D eigenvalue weighted by Gasteiger charge is -2.18. The van der Waals surface area contributed by atoms with Crippen LogP contribution in [0.15, 0.2) is 273 Å². The summed E-state index contributed by atoms with van der Waals surface area (Å²) in [7, 11) is 0. The van der Waals surface area contributed by atoms with Crippen LogP contribution in [0.1, 0.15) is 0 Å². The number of aromatic nitrogens is 5. The van der Waals surface area contributed by atoms with E-state index in [4.69, 9.17) is 15.0 Å². The van der Waals surface area contributed by atoms with Crippen molar-refractivity contribution in [1.82, 2.24) is 24.1 Å². The molecule has 74 heavy (non-hydrogen) atoms. The Morgan fingerprint density at radius 1 is 0.216 bits per heavy atom. The van der Waals surface area contributed by atoms with E-state index >= 15 is 0 Å². The Morgan fingerprint density at radius 3 is 0.932 bits per heavy atom. The quantitative estimate of drug-likeness (QED) is 0.145. The highest BCUT2D eigenvalue weighted by Gasteiger charge is 2.23. The minimum absolute atomic E-state index is 0.579. The van der Waals surface area contributed by atoms with E-state index in [9.17, 15) is 0 Å². The second kappa shape index (κ2) is 18.0. The molecule has 0 spiro atoms. The van der Waals surface area contributed by atoms with Crippen LogP contribution >= 0.6 is 0 Å². The summed E-state index contributed by atoms with van der Waals surface area (Å²) in [6.07, 6.45) is 0. The monoisotopic (exact) mass is 943 g/mol. The maximum absolute atomic E-state index is 5.35. The SMILES string of the molecule is c1ccc(-c2ccc(-c3cccc4c5ccccc5n(-c5cc(-c6nc(-c7ccccc7)nc(-c7ccccc7)n6)cc(-n6c7ccccc7c7cccc(-c8ccc(-c9ccccc9)cc8)c76)c5)c34)cc2)cc1. The molecule has 0 saturated carbocycles. The molecule has 0 fully saturated rings. The van der Waals surface area contributed by atoms with Gasteiger partial charge in [-0.2, -0.15) is 0 Å². The van der Waals surface area contributed by atoms with Gasteiger partial charge in [0, 0.05) is 60.7 Å². The molecule has 0 aliphatic rings. The molecule has 0 radical (unpaired) electrons. The van der Waals surface area contributed by atoms with Gasteiger partial charge in [-0.15, -0.1) is 0 Å². The molecule has 0 unspecified atom stereocenters.